The summed E-state index contributed by atoms with van der Waals surface area (Å²) in [5.41, 5.74) is -0.0783. The molecule has 30 heavy (non-hydrogen) atoms. The Hall–Kier alpha value is -3.03. The van der Waals surface area contributed by atoms with Crippen molar-refractivity contribution in [2.24, 2.45) is 0 Å². The van der Waals surface area contributed by atoms with E-state index in [1.54, 1.807) is 4.90 Å². The van der Waals surface area contributed by atoms with Crippen molar-refractivity contribution < 1.29 is 27.5 Å². The third kappa shape index (κ3) is 5.75. The van der Waals surface area contributed by atoms with Crippen LogP contribution in [0.3, 0.4) is 0 Å². The van der Waals surface area contributed by atoms with Gasteiger partial charge in [0.25, 0.3) is 5.91 Å². The van der Waals surface area contributed by atoms with E-state index in [1.165, 1.54) is 12.1 Å². The number of hydrogen-bond acceptors (Lipinski definition) is 3. The van der Waals surface area contributed by atoms with Gasteiger partial charge in [-0.2, -0.15) is 13.2 Å². The van der Waals surface area contributed by atoms with E-state index >= 15 is 0 Å². The topological polar surface area (TPSA) is 58.6 Å². The maximum atomic E-state index is 13.1. The highest BCUT2D eigenvalue weighted by molar-refractivity contribution is 5.88. The molecule has 1 aliphatic heterocycles. The number of nitrogens with zero attached hydrogens (tertiary/aromatic N) is 1. The highest BCUT2D eigenvalue weighted by Crippen LogP contribution is 2.35. The number of benzene rings is 2. The lowest BCUT2D eigenvalue weighted by Gasteiger charge is -2.24. The molecule has 160 valence electrons. The van der Waals surface area contributed by atoms with E-state index in [4.69, 9.17) is 4.74 Å². The van der Waals surface area contributed by atoms with Crippen LogP contribution in [0.15, 0.2) is 54.6 Å². The van der Waals surface area contributed by atoms with E-state index in [0.717, 1.165) is 30.5 Å². The number of carbonyl (C=O) groups is 2. The van der Waals surface area contributed by atoms with Crippen molar-refractivity contribution in [1.82, 2.24) is 10.2 Å². The minimum absolute atomic E-state index is 0.194. The summed E-state index contributed by atoms with van der Waals surface area (Å²) in [5, 5.41) is 2.63. The Morgan fingerprint density at radius 3 is 2.30 bits per heavy atom. The Kier molecular flexibility index (Phi) is 6.97. The molecular formula is C22H23F3N2O3. The summed E-state index contributed by atoms with van der Waals surface area (Å²) in [6, 6.07) is 13.1. The summed E-state index contributed by atoms with van der Waals surface area (Å²) in [6.07, 6.45) is -2.47. The number of alkyl halides is 3. The van der Waals surface area contributed by atoms with Crippen molar-refractivity contribution in [3.8, 4) is 5.75 Å². The lowest BCUT2D eigenvalue weighted by molar-refractivity contribution is -0.140. The van der Waals surface area contributed by atoms with Gasteiger partial charge in [0.2, 0.25) is 5.91 Å². The zero-order valence-electron chi connectivity index (χ0n) is 16.3. The predicted octanol–water partition coefficient (Wildman–Crippen LogP) is 3.43. The first-order chi connectivity index (χ1) is 14.3. The molecule has 5 nitrogen and oxygen atoms in total. The molecule has 0 aromatic heterocycles. The van der Waals surface area contributed by atoms with E-state index in [-0.39, 0.29) is 5.91 Å². The molecular weight excluding hydrogens is 397 g/mol. The quantitative estimate of drug-likeness (QED) is 0.747. The van der Waals surface area contributed by atoms with Gasteiger partial charge in [-0.1, -0.05) is 42.5 Å². The molecule has 1 heterocycles. The average Bonchev–Trinajstić information content (AvgIpc) is 3.26. The summed E-state index contributed by atoms with van der Waals surface area (Å²) in [4.78, 5) is 27.0. The van der Waals surface area contributed by atoms with Crippen LogP contribution in [0.4, 0.5) is 13.2 Å². The van der Waals surface area contributed by atoms with Crippen molar-refractivity contribution >= 4 is 11.8 Å². The molecule has 0 radical (unpaired) electrons. The number of ether oxygens (including phenoxy) is 1. The minimum Gasteiger partial charge on any atom is -0.483 e. The van der Waals surface area contributed by atoms with Crippen LogP contribution in [-0.2, 0) is 22.2 Å². The molecule has 2 aromatic carbocycles. The van der Waals surface area contributed by atoms with E-state index in [0.29, 0.717) is 19.5 Å². The third-order valence-electron chi connectivity index (χ3n) is 4.88. The lowest BCUT2D eigenvalue weighted by Crippen LogP contribution is -2.50. The van der Waals surface area contributed by atoms with Crippen molar-refractivity contribution in [1.29, 1.82) is 0 Å². The molecule has 2 aromatic rings. The van der Waals surface area contributed by atoms with Gasteiger partial charge in [-0.15, -0.1) is 0 Å². The second-order valence-corrected chi connectivity index (χ2v) is 7.12. The number of carbonyl (C=O) groups excluding carboxylic acids is 2. The van der Waals surface area contributed by atoms with E-state index in [2.05, 4.69) is 5.32 Å². The van der Waals surface area contributed by atoms with Crippen molar-refractivity contribution in [3.63, 3.8) is 0 Å². The monoisotopic (exact) mass is 420 g/mol. The Bertz CT molecular complexity index is 865. The fraction of sp³-hybridized carbons (Fsp3) is 0.364. The Labute approximate surface area is 172 Å². The number of likely N-dealkylation sites (tertiary alicyclic amines) is 1. The molecule has 8 heteroatoms. The molecule has 3 rings (SSSR count). The van der Waals surface area contributed by atoms with E-state index in [9.17, 15) is 22.8 Å². The molecule has 1 saturated heterocycles. The zero-order chi connectivity index (χ0) is 21.6. The summed E-state index contributed by atoms with van der Waals surface area (Å²) in [6.45, 7) is 0.649. The Morgan fingerprint density at radius 1 is 1.00 bits per heavy atom. The van der Waals surface area contributed by atoms with Crippen LogP contribution in [0.25, 0.3) is 0 Å². The average molecular weight is 420 g/mol. The van der Waals surface area contributed by atoms with Crippen LogP contribution in [0.2, 0.25) is 0 Å². The molecule has 1 N–H and O–H groups in total. The van der Waals surface area contributed by atoms with Gasteiger partial charge < -0.3 is 15.0 Å². The maximum Gasteiger partial charge on any atom is 0.419 e. The number of rotatable bonds is 7. The molecule has 0 saturated carbocycles. The summed E-state index contributed by atoms with van der Waals surface area (Å²) >= 11 is 0. The van der Waals surface area contributed by atoms with Crippen molar-refractivity contribution in [2.75, 3.05) is 19.7 Å². The maximum absolute atomic E-state index is 13.1. The SMILES string of the molecule is O=C(COc1ccccc1C(F)(F)F)NC(Cc1ccccc1)C(=O)N1CCCC1. The smallest absolute Gasteiger partial charge is 0.419 e. The fourth-order valence-electron chi connectivity index (χ4n) is 3.41. The standard InChI is InChI=1S/C22H23F3N2O3/c23-22(24,25)17-10-4-5-11-19(17)30-15-20(28)26-18(14-16-8-2-1-3-9-16)21(29)27-12-6-7-13-27/h1-5,8-11,18H,6-7,12-15H2,(H,26,28). The van der Waals surface area contributed by atoms with Crippen LogP contribution in [0.5, 0.6) is 5.75 Å². The first kappa shape index (κ1) is 21.7. The lowest BCUT2D eigenvalue weighted by atomic mass is 10.0. The number of halogens is 3. The molecule has 0 spiro atoms. The molecule has 0 aliphatic carbocycles. The minimum atomic E-state index is -4.59. The number of nitrogens with one attached hydrogen (secondary N) is 1. The van der Waals surface area contributed by atoms with Crippen LogP contribution < -0.4 is 10.1 Å². The molecule has 0 bridgehead atoms. The van der Waals surface area contributed by atoms with Gasteiger partial charge in [-0.05, 0) is 30.5 Å². The summed E-state index contributed by atoms with van der Waals surface area (Å²) in [5.74, 6) is -1.27. The van der Waals surface area contributed by atoms with Crippen LogP contribution in [0, 0.1) is 0 Å². The normalized spacial score (nSPS) is 15.0. The second kappa shape index (κ2) is 9.65. The van der Waals surface area contributed by atoms with Crippen molar-refractivity contribution in [3.05, 3.63) is 65.7 Å². The highest BCUT2D eigenvalue weighted by atomic mass is 19.4. The fourth-order valence-corrected chi connectivity index (χ4v) is 3.41. The van der Waals surface area contributed by atoms with Gasteiger partial charge in [0, 0.05) is 19.5 Å². The predicted molar refractivity (Wildman–Crippen MR) is 105 cm³/mol. The largest absolute Gasteiger partial charge is 0.483 e. The van der Waals surface area contributed by atoms with Gasteiger partial charge >= 0.3 is 6.18 Å². The van der Waals surface area contributed by atoms with Gasteiger partial charge in [0.15, 0.2) is 6.61 Å². The Morgan fingerprint density at radius 2 is 1.63 bits per heavy atom. The van der Waals surface area contributed by atoms with Gasteiger partial charge in [0.05, 0.1) is 5.56 Å². The van der Waals surface area contributed by atoms with Gasteiger partial charge in [0.1, 0.15) is 11.8 Å². The first-order valence-corrected chi connectivity index (χ1v) is 9.75. The zero-order valence-corrected chi connectivity index (χ0v) is 16.3. The van der Waals surface area contributed by atoms with E-state index < -0.39 is 36.0 Å². The molecule has 1 fully saturated rings. The van der Waals surface area contributed by atoms with Crippen LogP contribution >= 0.6 is 0 Å². The van der Waals surface area contributed by atoms with Crippen molar-refractivity contribution in [2.45, 2.75) is 31.5 Å². The second-order valence-electron chi connectivity index (χ2n) is 7.12. The Balaban J connectivity index is 1.66. The summed E-state index contributed by atoms with van der Waals surface area (Å²) in [7, 11) is 0. The number of amides is 2. The molecule has 1 aliphatic rings. The van der Waals surface area contributed by atoms with Crippen LogP contribution in [0.1, 0.15) is 24.0 Å². The third-order valence-corrected chi connectivity index (χ3v) is 4.88. The van der Waals surface area contributed by atoms with E-state index in [1.807, 2.05) is 30.3 Å². The molecule has 2 amide bonds. The highest BCUT2D eigenvalue weighted by Gasteiger charge is 2.34. The number of para-hydroxylation sites is 1. The van der Waals surface area contributed by atoms with Gasteiger partial charge in [-0.25, -0.2) is 0 Å². The summed E-state index contributed by atoms with van der Waals surface area (Å²) < 4.78 is 44.3. The molecule has 1 atom stereocenters. The first-order valence-electron chi connectivity index (χ1n) is 9.75. The van der Waals surface area contributed by atoms with Gasteiger partial charge in [-0.3, -0.25) is 9.59 Å². The van der Waals surface area contributed by atoms with Crippen LogP contribution in [-0.4, -0.2) is 42.5 Å². The number of hydrogen-bond donors (Lipinski definition) is 1. The molecule has 1 unspecified atom stereocenters.